The Hall–Kier alpha value is -1.65. The van der Waals surface area contributed by atoms with E-state index in [4.69, 9.17) is 0 Å². The first-order chi connectivity index (χ1) is 14.5. The third-order valence-corrected chi connectivity index (χ3v) is 9.40. The zero-order valence-corrected chi connectivity index (χ0v) is 20.7. The quantitative estimate of drug-likeness (QED) is 0.489. The van der Waals surface area contributed by atoms with Crippen LogP contribution in [0, 0.1) is 17.8 Å². The van der Waals surface area contributed by atoms with Gasteiger partial charge in [-0.05, 0) is 67.4 Å². The summed E-state index contributed by atoms with van der Waals surface area (Å²) in [5.74, 6) is 0. The highest BCUT2D eigenvalue weighted by molar-refractivity contribution is 7.89. The van der Waals surface area contributed by atoms with Gasteiger partial charge >= 0.3 is 0 Å². The van der Waals surface area contributed by atoms with Crippen LogP contribution in [0.5, 0.6) is 0 Å². The summed E-state index contributed by atoms with van der Waals surface area (Å²) in [6, 6.07) is 7.24. The molecule has 0 radical (unpaired) electrons. The first kappa shape index (κ1) is 22.5. The predicted octanol–water partition coefficient (Wildman–Crippen LogP) is 6.57. The van der Waals surface area contributed by atoms with Gasteiger partial charge in [-0.1, -0.05) is 75.5 Å². The number of hydrogen-bond donors (Lipinski definition) is 0. The summed E-state index contributed by atoms with van der Waals surface area (Å²) in [5, 5.41) is 0. The highest BCUT2D eigenvalue weighted by Gasteiger charge is 2.48. The highest BCUT2D eigenvalue weighted by Crippen LogP contribution is 2.60. The molecule has 1 aromatic rings. The second-order valence-corrected chi connectivity index (χ2v) is 12.8. The molecular weight excluding hydrogens is 402 g/mol. The Balaban J connectivity index is 1.87. The Morgan fingerprint density at radius 3 is 2.13 bits per heavy atom. The average Bonchev–Trinajstić information content (AvgIpc) is 2.69. The van der Waals surface area contributed by atoms with Gasteiger partial charge in [-0.3, -0.25) is 0 Å². The van der Waals surface area contributed by atoms with Gasteiger partial charge in [0.05, 0.1) is 4.90 Å². The van der Waals surface area contributed by atoms with Gasteiger partial charge in [0.2, 0.25) is 10.0 Å². The van der Waals surface area contributed by atoms with Crippen molar-refractivity contribution in [2.24, 2.45) is 10.8 Å². The minimum absolute atomic E-state index is 0.0296. The number of rotatable bonds is 2. The van der Waals surface area contributed by atoms with Crippen LogP contribution in [0.4, 0.5) is 0 Å². The Morgan fingerprint density at radius 1 is 0.935 bits per heavy atom. The summed E-state index contributed by atoms with van der Waals surface area (Å²) in [4.78, 5) is 0.389. The fraction of sp³-hybridized carbons (Fsp3) is 0.556. The third-order valence-electron chi connectivity index (χ3n) is 7.59. The molecule has 1 heterocycles. The van der Waals surface area contributed by atoms with Crippen LogP contribution < -0.4 is 0 Å². The fourth-order valence-corrected chi connectivity index (χ4v) is 7.68. The predicted molar refractivity (Wildman–Crippen MR) is 128 cm³/mol. The van der Waals surface area contributed by atoms with Gasteiger partial charge < -0.3 is 0 Å². The lowest BCUT2D eigenvalue weighted by Gasteiger charge is -2.52. The van der Waals surface area contributed by atoms with Crippen LogP contribution in [0.2, 0.25) is 0 Å². The maximum Gasteiger partial charge on any atom is 0.243 e. The van der Waals surface area contributed by atoms with Gasteiger partial charge in [0.15, 0.2) is 0 Å². The van der Waals surface area contributed by atoms with Crippen LogP contribution in [0.25, 0.3) is 0 Å². The summed E-state index contributed by atoms with van der Waals surface area (Å²) in [6.45, 7) is 16.5. The smallest absolute Gasteiger partial charge is 0.207 e. The van der Waals surface area contributed by atoms with E-state index in [0.29, 0.717) is 18.0 Å². The molecule has 1 saturated carbocycles. The Labute approximate surface area is 189 Å². The minimum atomic E-state index is -3.54. The van der Waals surface area contributed by atoms with Crippen molar-refractivity contribution >= 4 is 10.0 Å². The summed E-state index contributed by atoms with van der Waals surface area (Å²) >= 11 is 0. The zero-order chi connectivity index (χ0) is 22.6. The van der Waals surface area contributed by atoms with Crippen LogP contribution >= 0.6 is 0 Å². The van der Waals surface area contributed by atoms with Crippen LogP contribution in [0.3, 0.4) is 0 Å². The topological polar surface area (TPSA) is 37.4 Å². The van der Waals surface area contributed by atoms with Crippen molar-refractivity contribution in [2.75, 3.05) is 13.1 Å². The molecule has 0 atom stereocenters. The molecule has 1 aliphatic heterocycles. The second-order valence-electron chi connectivity index (χ2n) is 10.9. The molecule has 3 aliphatic rings. The number of hydrogen-bond acceptors (Lipinski definition) is 2. The molecule has 168 valence electrons. The zero-order valence-electron chi connectivity index (χ0n) is 19.8. The summed E-state index contributed by atoms with van der Waals surface area (Å²) in [5.41, 5.74) is 7.68. The maximum absolute atomic E-state index is 13.6. The van der Waals surface area contributed by atoms with Crippen molar-refractivity contribution in [1.82, 2.24) is 4.31 Å². The summed E-state index contributed by atoms with van der Waals surface area (Å²) < 4.78 is 28.8. The van der Waals surface area contributed by atoms with E-state index in [1.807, 2.05) is 19.1 Å². The lowest BCUT2D eigenvalue weighted by atomic mass is 9.53. The Bertz CT molecular complexity index is 1060. The summed E-state index contributed by atoms with van der Waals surface area (Å²) in [6.07, 6.45) is 6.96. The van der Waals surface area contributed by atoms with Gasteiger partial charge in [-0.15, -0.1) is 0 Å². The molecule has 0 unspecified atom stereocenters. The fourth-order valence-electron chi connectivity index (χ4n) is 6.24. The van der Waals surface area contributed by atoms with Gasteiger partial charge in [-0.25, -0.2) is 8.42 Å². The molecular formula is C27H37NO2S. The largest absolute Gasteiger partial charge is 0.243 e. The van der Waals surface area contributed by atoms with Crippen molar-refractivity contribution < 1.29 is 8.42 Å². The van der Waals surface area contributed by atoms with E-state index in [2.05, 4.69) is 34.3 Å². The maximum atomic E-state index is 13.6. The lowest BCUT2D eigenvalue weighted by Crippen LogP contribution is -2.44. The molecule has 4 rings (SSSR count). The van der Waals surface area contributed by atoms with Crippen LogP contribution in [-0.2, 0) is 10.0 Å². The van der Waals surface area contributed by atoms with Crippen molar-refractivity contribution in [3.8, 4) is 0 Å². The van der Waals surface area contributed by atoms with Crippen molar-refractivity contribution in [1.29, 1.82) is 0 Å². The molecule has 31 heavy (non-hydrogen) atoms. The van der Waals surface area contributed by atoms with E-state index < -0.39 is 10.0 Å². The van der Waals surface area contributed by atoms with Gasteiger partial charge in [-0.2, -0.15) is 4.31 Å². The second kappa shape index (κ2) is 7.74. The van der Waals surface area contributed by atoms with E-state index in [0.717, 1.165) is 24.8 Å². The first-order valence-electron chi connectivity index (χ1n) is 11.6. The van der Waals surface area contributed by atoms with E-state index in [-0.39, 0.29) is 10.8 Å². The molecule has 3 nitrogen and oxygen atoms in total. The molecule has 4 heteroatoms. The third kappa shape index (κ3) is 3.76. The number of sulfonamides is 1. The van der Waals surface area contributed by atoms with Gasteiger partial charge in [0.1, 0.15) is 0 Å². The van der Waals surface area contributed by atoms with E-state index in [1.165, 1.54) is 47.1 Å². The van der Waals surface area contributed by atoms with E-state index >= 15 is 0 Å². The van der Waals surface area contributed by atoms with Gasteiger partial charge in [0.25, 0.3) is 0 Å². The normalized spacial score (nSPS) is 22.8. The SMILES string of the molecule is C=C1CC2=C(C)CN(S(=O)(=O)c3ccc(C)cc3)CC2=C(C(C)(C)C)C12CCCCC2. The molecule has 0 amide bonds. The Morgan fingerprint density at radius 2 is 1.55 bits per heavy atom. The van der Waals surface area contributed by atoms with Crippen molar-refractivity contribution in [2.45, 2.75) is 78.0 Å². The monoisotopic (exact) mass is 439 g/mol. The number of benzene rings is 1. The molecule has 2 aliphatic carbocycles. The number of allylic oxidation sites excluding steroid dienone is 2. The lowest BCUT2D eigenvalue weighted by molar-refractivity contribution is 0.228. The van der Waals surface area contributed by atoms with E-state index in [1.54, 1.807) is 16.4 Å². The van der Waals surface area contributed by atoms with Crippen molar-refractivity contribution in [3.63, 3.8) is 0 Å². The highest BCUT2D eigenvalue weighted by atomic mass is 32.2. The first-order valence-corrected chi connectivity index (χ1v) is 13.1. The molecule has 0 saturated heterocycles. The van der Waals surface area contributed by atoms with Gasteiger partial charge in [0, 0.05) is 18.5 Å². The summed E-state index contributed by atoms with van der Waals surface area (Å²) in [7, 11) is -3.54. The molecule has 1 spiro atoms. The Kier molecular flexibility index (Phi) is 5.63. The van der Waals surface area contributed by atoms with Crippen LogP contribution in [0.15, 0.2) is 63.6 Å². The standard InChI is InChI=1S/C27H37NO2S/c1-19-10-12-22(13-11-19)31(29,30)28-17-20(2)23-16-21(3)27(14-8-7-9-15-27)25(24(23)18-28)26(4,5)6/h10-13H,3,7-9,14-18H2,1-2,4-6H3. The van der Waals surface area contributed by atoms with Crippen LogP contribution in [-0.4, -0.2) is 25.8 Å². The van der Waals surface area contributed by atoms with Crippen molar-refractivity contribution in [3.05, 3.63) is 64.3 Å². The molecule has 0 bridgehead atoms. The molecule has 0 aromatic heterocycles. The average molecular weight is 440 g/mol. The molecule has 1 aromatic carbocycles. The van der Waals surface area contributed by atoms with Crippen LogP contribution in [0.1, 0.15) is 71.8 Å². The molecule has 0 N–H and O–H groups in total. The molecule has 1 fully saturated rings. The minimum Gasteiger partial charge on any atom is -0.207 e. The number of fused-ring (bicyclic) bond motifs is 1. The van der Waals surface area contributed by atoms with E-state index in [9.17, 15) is 8.42 Å². The number of aryl methyl sites for hydroxylation is 1. The number of nitrogens with zero attached hydrogens (tertiary/aromatic N) is 1.